The Balaban J connectivity index is 1.97. The Morgan fingerprint density at radius 2 is 1.36 bits per heavy atom. The Morgan fingerprint density at radius 3 is 2.04 bits per heavy atom. The van der Waals surface area contributed by atoms with Gasteiger partial charge in [0, 0.05) is 11.1 Å². The average molecular weight is 338 g/mol. The van der Waals surface area contributed by atoms with Crippen LogP contribution in [0.2, 0.25) is 0 Å². The van der Waals surface area contributed by atoms with Crippen LogP contribution in [0.3, 0.4) is 0 Å². The molecule has 0 bridgehead atoms. The molecule has 0 amide bonds. The van der Waals surface area contributed by atoms with Crippen LogP contribution in [-0.4, -0.2) is 6.61 Å². The SMILES string of the molecule is CCOc1ccc2cc(C(F)=C(F)c3ccc(CC)cc3)ccc2c1. The summed E-state index contributed by atoms with van der Waals surface area (Å²) in [6.45, 7) is 4.53. The van der Waals surface area contributed by atoms with Gasteiger partial charge in [-0.15, -0.1) is 0 Å². The minimum absolute atomic E-state index is 0.230. The zero-order valence-corrected chi connectivity index (χ0v) is 14.4. The van der Waals surface area contributed by atoms with Crippen molar-refractivity contribution in [3.05, 3.63) is 77.4 Å². The second kappa shape index (κ2) is 7.47. The van der Waals surface area contributed by atoms with E-state index in [2.05, 4.69) is 0 Å². The van der Waals surface area contributed by atoms with Crippen molar-refractivity contribution in [1.82, 2.24) is 0 Å². The number of benzene rings is 3. The van der Waals surface area contributed by atoms with E-state index in [-0.39, 0.29) is 11.1 Å². The zero-order chi connectivity index (χ0) is 17.8. The molecule has 0 aliphatic rings. The first kappa shape index (κ1) is 17.2. The summed E-state index contributed by atoms with van der Waals surface area (Å²) in [5, 5.41) is 1.76. The maximum Gasteiger partial charge on any atom is 0.166 e. The molecule has 0 spiro atoms. The number of hydrogen-bond acceptors (Lipinski definition) is 1. The van der Waals surface area contributed by atoms with Gasteiger partial charge < -0.3 is 4.74 Å². The molecule has 0 atom stereocenters. The van der Waals surface area contributed by atoms with E-state index >= 15 is 0 Å². The summed E-state index contributed by atoms with van der Waals surface area (Å²) >= 11 is 0. The Kier molecular flexibility index (Phi) is 5.13. The lowest BCUT2D eigenvalue weighted by Crippen LogP contribution is -1.91. The molecule has 3 aromatic rings. The van der Waals surface area contributed by atoms with Gasteiger partial charge in [0.15, 0.2) is 11.7 Å². The third-order valence-corrected chi connectivity index (χ3v) is 4.18. The second-order valence-corrected chi connectivity index (χ2v) is 5.84. The first-order chi connectivity index (χ1) is 12.1. The predicted octanol–water partition coefficient (Wildman–Crippen LogP) is 6.57. The van der Waals surface area contributed by atoms with E-state index in [4.69, 9.17) is 4.74 Å². The third-order valence-electron chi connectivity index (χ3n) is 4.18. The van der Waals surface area contributed by atoms with Gasteiger partial charge in [0.25, 0.3) is 0 Å². The van der Waals surface area contributed by atoms with E-state index in [1.54, 1.807) is 30.3 Å². The topological polar surface area (TPSA) is 9.23 Å². The summed E-state index contributed by atoms with van der Waals surface area (Å²) in [6.07, 6.45) is 0.864. The Hall–Kier alpha value is -2.68. The fraction of sp³-hybridized carbons (Fsp3) is 0.182. The monoisotopic (exact) mass is 338 g/mol. The second-order valence-electron chi connectivity index (χ2n) is 5.84. The van der Waals surface area contributed by atoms with Crippen LogP contribution < -0.4 is 4.74 Å². The van der Waals surface area contributed by atoms with Gasteiger partial charge in [-0.1, -0.05) is 49.4 Å². The third kappa shape index (κ3) is 3.71. The summed E-state index contributed by atoms with van der Waals surface area (Å²) in [5.74, 6) is -0.922. The fourth-order valence-corrected chi connectivity index (χ4v) is 2.76. The Morgan fingerprint density at radius 1 is 0.760 bits per heavy atom. The van der Waals surface area contributed by atoms with Crippen molar-refractivity contribution in [2.75, 3.05) is 6.61 Å². The van der Waals surface area contributed by atoms with Gasteiger partial charge in [-0.25, -0.2) is 8.78 Å². The summed E-state index contributed by atoms with van der Waals surface area (Å²) in [6, 6.07) is 17.5. The molecule has 0 aliphatic carbocycles. The number of aryl methyl sites for hydroxylation is 1. The molecule has 0 aliphatic heterocycles. The van der Waals surface area contributed by atoms with Crippen LogP contribution in [-0.2, 0) is 6.42 Å². The first-order valence-electron chi connectivity index (χ1n) is 8.44. The van der Waals surface area contributed by atoms with Gasteiger partial charge in [0.2, 0.25) is 0 Å². The van der Waals surface area contributed by atoms with Crippen LogP contribution in [0.15, 0.2) is 60.7 Å². The van der Waals surface area contributed by atoms with E-state index in [1.807, 2.05) is 44.2 Å². The molecule has 0 saturated carbocycles. The molecular weight excluding hydrogens is 318 g/mol. The zero-order valence-electron chi connectivity index (χ0n) is 14.4. The highest BCUT2D eigenvalue weighted by molar-refractivity contribution is 5.90. The number of hydrogen-bond donors (Lipinski definition) is 0. The van der Waals surface area contributed by atoms with Crippen molar-refractivity contribution in [2.45, 2.75) is 20.3 Å². The summed E-state index contributed by atoms with van der Waals surface area (Å²) in [7, 11) is 0. The van der Waals surface area contributed by atoms with Crippen molar-refractivity contribution in [1.29, 1.82) is 0 Å². The molecule has 0 N–H and O–H groups in total. The molecule has 0 heterocycles. The highest BCUT2D eigenvalue weighted by atomic mass is 19.2. The summed E-state index contributed by atoms with van der Waals surface area (Å²) in [4.78, 5) is 0. The molecule has 0 unspecified atom stereocenters. The Labute approximate surface area is 146 Å². The van der Waals surface area contributed by atoms with E-state index in [9.17, 15) is 8.78 Å². The molecule has 25 heavy (non-hydrogen) atoms. The van der Waals surface area contributed by atoms with Crippen molar-refractivity contribution in [3.8, 4) is 5.75 Å². The molecule has 3 rings (SSSR count). The molecular formula is C22H20F2O. The molecule has 0 saturated heterocycles. The van der Waals surface area contributed by atoms with E-state index in [0.29, 0.717) is 6.61 Å². The van der Waals surface area contributed by atoms with Crippen molar-refractivity contribution in [2.24, 2.45) is 0 Å². The highest BCUT2D eigenvalue weighted by Gasteiger charge is 2.12. The van der Waals surface area contributed by atoms with Crippen molar-refractivity contribution < 1.29 is 13.5 Å². The van der Waals surface area contributed by atoms with Crippen molar-refractivity contribution in [3.63, 3.8) is 0 Å². The minimum atomic E-state index is -0.847. The Bertz CT molecular complexity index is 911. The number of ether oxygens (including phenoxy) is 1. The molecule has 0 fully saturated rings. The number of rotatable bonds is 5. The molecule has 3 heteroatoms. The molecule has 128 valence electrons. The maximum atomic E-state index is 14.6. The number of halogens is 2. The standard InChI is InChI=1S/C22H20F2O/c1-3-15-5-7-16(8-6-15)21(23)22(24)19-10-9-18-14-20(25-4-2)12-11-17(18)13-19/h5-14H,3-4H2,1-2H3. The quantitative estimate of drug-likeness (QED) is 0.478. The lowest BCUT2D eigenvalue weighted by molar-refractivity contribution is 0.341. The molecule has 1 nitrogen and oxygen atoms in total. The van der Waals surface area contributed by atoms with E-state index in [0.717, 1.165) is 28.5 Å². The van der Waals surface area contributed by atoms with Crippen LogP contribution in [0.4, 0.5) is 8.78 Å². The van der Waals surface area contributed by atoms with Crippen LogP contribution >= 0.6 is 0 Å². The highest BCUT2D eigenvalue weighted by Crippen LogP contribution is 2.31. The summed E-state index contributed by atoms with van der Waals surface area (Å²) < 4.78 is 34.6. The van der Waals surface area contributed by atoms with Crippen LogP contribution in [0.25, 0.3) is 22.4 Å². The van der Waals surface area contributed by atoms with Gasteiger partial charge in [-0.05, 0) is 47.9 Å². The van der Waals surface area contributed by atoms with Gasteiger partial charge in [-0.2, -0.15) is 0 Å². The van der Waals surface area contributed by atoms with Crippen LogP contribution in [0.1, 0.15) is 30.5 Å². The lowest BCUT2D eigenvalue weighted by atomic mass is 10.0. The van der Waals surface area contributed by atoms with Gasteiger partial charge >= 0.3 is 0 Å². The van der Waals surface area contributed by atoms with Crippen molar-refractivity contribution >= 4 is 22.4 Å². The van der Waals surface area contributed by atoms with Gasteiger partial charge in [-0.3, -0.25) is 0 Å². The van der Waals surface area contributed by atoms with Crippen LogP contribution in [0.5, 0.6) is 5.75 Å². The van der Waals surface area contributed by atoms with Crippen LogP contribution in [0, 0.1) is 0 Å². The first-order valence-corrected chi connectivity index (χ1v) is 8.44. The smallest absolute Gasteiger partial charge is 0.166 e. The molecule has 3 aromatic carbocycles. The fourth-order valence-electron chi connectivity index (χ4n) is 2.76. The van der Waals surface area contributed by atoms with Gasteiger partial charge in [0.05, 0.1) is 6.61 Å². The molecule has 0 radical (unpaired) electrons. The number of fused-ring (bicyclic) bond motifs is 1. The lowest BCUT2D eigenvalue weighted by Gasteiger charge is -2.07. The predicted molar refractivity (Wildman–Crippen MR) is 100.0 cm³/mol. The normalized spacial score (nSPS) is 12.2. The largest absolute Gasteiger partial charge is 0.494 e. The summed E-state index contributed by atoms with van der Waals surface area (Å²) in [5.41, 5.74) is 1.57. The minimum Gasteiger partial charge on any atom is -0.494 e. The van der Waals surface area contributed by atoms with Gasteiger partial charge in [0.1, 0.15) is 5.75 Å². The molecule has 0 aromatic heterocycles. The maximum absolute atomic E-state index is 14.6. The van der Waals surface area contributed by atoms with E-state index < -0.39 is 11.7 Å². The van der Waals surface area contributed by atoms with E-state index in [1.165, 1.54) is 0 Å². The average Bonchev–Trinajstić information content (AvgIpc) is 2.66.